The van der Waals surface area contributed by atoms with Gasteiger partial charge in [0.05, 0.1) is 17.1 Å². The van der Waals surface area contributed by atoms with Crippen LogP contribution in [0.4, 0.5) is 5.00 Å². The van der Waals surface area contributed by atoms with Gasteiger partial charge in [-0.25, -0.2) is 0 Å². The summed E-state index contributed by atoms with van der Waals surface area (Å²) >= 11 is 2.38. The summed E-state index contributed by atoms with van der Waals surface area (Å²) in [5, 5.41) is 21.4. The number of carbonyl (C=O) groups excluding carboxylic acids is 1. The van der Waals surface area contributed by atoms with Gasteiger partial charge >= 0.3 is 5.97 Å². The normalized spacial score (nSPS) is 10.3. The molecule has 1 heterocycles. The van der Waals surface area contributed by atoms with Crippen LogP contribution >= 0.6 is 23.1 Å². The van der Waals surface area contributed by atoms with E-state index in [1.165, 1.54) is 16.9 Å². The zero-order chi connectivity index (χ0) is 18.4. The van der Waals surface area contributed by atoms with Gasteiger partial charge in [0.2, 0.25) is 5.91 Å². The molecule has 0 saturated carbocycles. The molecule has 0 atom stereocenters. The number of aliphatic carboxylic acids is 1. The van der Waals surface area contributed by atoms with Crippen LogP contribution in [0.15, 0.2) is 24.3 Å². The first-order valence-electron chi connectivity index (χ1n) is 7.68. The first kappa shape index (κ1) is 19.0. The Bertz CT molecular complexity index is 820. The quantitative estimate of drug-likeness (QED) is 0.767. The summed E-state index contributed by atoms with van der Waals surface area (Å²) in [5.41, 5.74) is 3.45. The van der Waals surface area contributed by atoms with E-state index in [2.05, 4.69) is 18.3 Å². The number of thioether (sulfide) groups is 1. The lowest BCUT2D eigenvalue weighted by Crippen LogP contribution is -2.15. The fraction of sp³-hybridized carbons (Fsp3) is 0.278. The Kier molecular flexibility index (Phi) is 6.62. The maximum absolute atomic E-state index is 12.0. The molecule has 130 valence electrons. The van der Waals surface area contributed by atoms with Crippen molar-refractivity contribution in [1.29, 1.82) is 5.26 Å². The topological polar surface area (TPSA) is 90.2 Å². The molecule has 0 spiro atoms. The molecule has 5 nitrogen and oxygen atoms in total. The summed E-state index contributed by atoms with van der Waals surface area (Å²) in [5.74, 6) is -1.36. The first-order chi connectivity index (χ1) is 12.0. The minimum atomic E-state index is -0.958. The van der Waals surface area contributed by atoms with Crippen LogP contribution in [0.25, 0.3) is 11.1 Å². The average Bonchev–Trinajstić information content (AvgIpc) is 2.89. The van der Waals surface area contributed by atoms with Gasteiger partial charge in [-0.15, -0.1) is 23.1 Å². The van der Waals surface area contributed by atoms with Crippen LogP contribution in [0.2, 0.25) is 0 Å². The molecule has 1 amide bonds. The van der Waals surface area contributed by atoms with Crippen molar-refractivity contribution in [1.82, 2.24) is 0 Å². The number of benzene rings is 1. The lowest BCUT2D eigenvalue weighted by Gasteiger charge is -2.05. The Labute approximate surface area is 154 Å². The van der Waals surface area contributed by atoms with Crippen LogP contribution in [-0.4, -0.2) is 28.5 Å². The van der Waals surface area contributed by atoms with E-state index in [1.807, 2.05) is 31.2 Å². The van der Waals surface area contributed by atoms with Crippen LogP contribution in [0.3, 0.4) is 0 Å². The van der Waals surface area contributed by atoms with E-state index in [1.54, 1.807) is 0 Å². The molecule has 0 unspecified atom stereocenters. The molecule has 2 rings (SSSR count). The number of carboxylic acids is 1. The third-order valence-corrected chi connectivity index (χ3v) is 5.50. The van der Waals surface area contributed by atoms with Crippen molar-refractivity contribution < 1.29 is 14.7 Å². The van der Waals surface area contributed by atoms with Gasteiger partial charge in [-0.05, 0) is 24.5 Å². The number of thiophene rings is 1. The van der Waals surface area contributed by atoms with Gasteiger partial charge in [0.15, 0.2) is 0 Å². The van der Waals surface area contributed by atoms with E-state index in [4.69, 9.17) is 5.11 Å². The molecule has 0 aliphatic rings. The second-order valence-corrected chi connectivity index (χ2v) is 7.54. The summed E-state index contributed by atoms with van der Waals surface area (Å²) in [6.07, 6.45) is 0.948. The summed E-state index contributed by atoms with van der Waals surface area (Å²) in [7, 11) is 0. The van der Waals surface area contributed by atoms with Crippen LogP contribution < -0.4 is 5.32 Å². The van der Waals surface area contributed by atoms with Crippen molar-refractivity contribution in [3.63, 3.8) is 0 Å². The number of nitrogens with zero attached hydrogens (tertiary/aromatic N) is 1. The highest BCUT2D eigenvalue weighted by atomic mass is 32.2. The number of hydrogen-bond donors (Lipinski definition) is 2. The predicted octanol–water partition coefficient (Wildman–Crippen LogP) is 3.91. The van der Waals surface area contributed by atoms with Gasteiger partial charge in [0.25, 0.3) is 0 Å². The van der Waals surface area contributed by atoms with Crippen molar-refractivity contribution in [2.24, 2.45) is 0 Å². The van der Waals surface area contributed by atoms with Gasteiger partial charge in [-0.3, -0.25) is 9.59 Å². The van der Waals surface area contributed by atoms with Gasteiger partial charge in [0, 0.05) is 10.4 Å². The average molecular weight is 374 g/mol. The highest BCUT2D eigenvalue weighted by Crippen LogP contribution is 2.39. The molecule has 0 bridgehead atoms. The summed E-state index contributed by atoms with van der Waals surface area (Å²) in [4.78, 5) is 23.4. The molecule has 1 aromatic heterocycles. The van der Waals surface area contributed by atoms with E-state index < -0.39 is 5.97 Å². The van der Waals surface area contributed by atoms with E-state index >= 15 is 0 Å². The third kappa shape index (κ3) is 4.84. The summed E-state index contributed by atoms with van der Waals surface area (Å²) in [6, 6.07) is 10.2. The number of carbonyl (C=O) groups is 2. The van der Waals surface area contributed by atoms with Crippen molar-refractivity contribution in [2.75, 3.05) is 16.8 Å². The number of hydrogen-bond acceptors (Lipinski definition) is 5. The van der Waals surface area contributed by atoms with E-state index in [0.717, 1.165) is 34.2 Å². The van der Waals surface area contributed by atoms with Gasteiger partial charge < -0.3 is 10.4 Å². The highest BCUT2D eigenvalue weighted by Gasteiger charge is 2.19. The molecule has 0 radical (unpaired) electrons. The number of nitrogens with one attached hydrogen (secondary N) is 1. The Morgan fingerprint density at radius 2 is 1.96 bits per heavy atom. The van der Waals surface area contributed by atoms with Crippen molar-refractivity contribution >= 4 is 40.0 Å². The fourth-order valence-corrected chi connectivity index (χ4v) is 3.96. The molecule has 1 aromatic carbocycles. The van der Waals surface area contributed by atoms with Crippen LogP contribution in [-0.2, 0) is 16.0 Å². The molecule has 2 aromatic rings. The molecular weight excluding hydrogens is 356 g/mol. The first-order valence-corrected chi connectivity index (χ1v) is 9.65. The number of aryl methyl sites for hydroxylation is 2. The monoisotopic (exact) mass is 374 g/mol. The van der Waals surface area contributed by atoms with Gasteiger partial charge in [0.1, 0.15) is 11.1 Å². The van der Waals surface area contributed by atoms with Crippen LogP contribution in [0.1, 0.15) is 22.9 Å². The number of carboxylic acid groups (broad SMARTS) is 1. The standard InChI is InChI=1S/C18H18N2O3S2/c1-3-12-4-6-13(7-5-12)17-11(2)25-18(14(17)8-19)20-15(21)9-24-10-16(22)23/h4-7H,3,9-10H2,1-2H3,(H,20,21)(H,22,23). The van der Waals surface area contributed by atoms with Crippen molar-refractivity contribution in [3.05, 3.63) is 40.3 Å². The Morgan fingerprint density at radius 3 is 2.52 bits per heavy atom. The number of nitriles is 1. The van der Waals surface area contributed by atoms with E-state index in [-0.39, 0.29) is 17.4 Å². The number of amides is 1. The largest absolute Gasteiger partial charge is 0.481 e. The smallest absolute Gasteiger partial charge is 0.313 e. The molecular formula is C18H18N2O3S2. The van der Waals surface area contributed by atoms with Gasteiger partial charge in [-0.1, -0.05) is 31.2 Å². The Hall–Kier alpha value is -2.30. The number of anilines is 1. The molecule has 2 N–H and O–H groups in total. The number of rotatable bonds is 7. The van der Waals surface area contributed by atoms with Crippen molar-refractivity contribution in [3.8, 4) is 17.2 Å². The summed E-state index contributed by atoms with van der Waals surface area (Å²) in [6.45, 7) is 4.00. The lowest BCUT2D eigenvalue weighted by atomic mass is 10.0. The van der Waals surface area contributed by atoms with E-state index in [9.17, 15) is 14.9 Å². The minimum Gasteiger partial charge on any atom is -0.481 e. The Balaban J connectivity index is 2.22. The molecule has 25 heavy (non-hydrogen) atoms. The fourth-order valence-electron chi connectivity index (χ4n) is 2.39. The summed E-state index contributed by atoms with van der Waals surface area (Å²) < 4.78 is 0. The molecule has 0 saturated heterocycles. The predicted molar refractivity (Wildman–Crippen MR) is 102 cm³/mol. The Morgan fingerprint density at radius 1 is 1.28 bits per heavy atom. The van der Waals surface area contributed by atoms with Crippen LogP contribution in [0, 0.1) is 18.3 Å². The van der Waals surface area contributed by atoms with Crippen molar-refractivity contribution in [2.45, 2.75) is 20.3 Å². The van der Waals surface area contributed by atoms with Crippen LogP contribution in [0.5, 0.6) is 0 Å². The maximum Gasteiger partial charge on any atom is 0.313 e. The molecule has 0 aliphatic heterocycles. The zero-order valence-electron chi connectivity index (χ0n) is 14.0. The lowest BCUT2D eigenvalue weighted by molar-refractivity contribution is -0.133. The zero-order valence-corrected chi connectivity index (χ0v) is 15.6. The van der Waals surface area contributed by atoms with E-state index in [0.29, 0.717) is 10.6 Å². The molecule has 0 aliphatic carbocycles. The second-order valence-electron chi connectivity index (χ2n) is 5.33. The molecule has 0 fully saturated rings. The highest BCUT2D eigenvalue weighted by molar-refractivity contribution is 8.00. The minimum absolute atomic E-state index is 0.0364. The maximum atomic E-state index is 12.0. The van der Waals surface area contributed by atoms with Gasteiger partial charge in [-0.2, -0.15) is 5.26 Å². The SMILES string of the molecule is CCc1ccc(-c2c(C)sc(NC(=O)CSCC(=O)O)c2C#N)cc1. The second kappa shape index (κ2) is 8.70. The molecule has 7 heteroatoms. The third-order valence-electron chi connectivity index (χ3n) is 3.56.